The zero-order valence-corrected chi connectivity index (χ0v) is 24.0. The van der Waals surface area contributed by atoms with Crippen molar-refractivity contribution >= 4 is 28.4 Å². The van der Waals surface area contributed by atoms with Crippen LogP contribution in [0.15, 0.2) is 41.8 Å². The monoisotopic (exact) mass is 595 g/mol. The summed E-state index contributed by atoms with van der Waals surface area (Å²) in [5.41, 5.74) is 4.05. The number of amides is 1. The molecule has 224 valence electrons. The molecule has 5 rings (SSSR count). The number of carbonyl (C=O) groups is 1. The van der Waals surface area contributed by atoms with E-state index in [-0.39, 0.29) is 54.4 Å². The van der Waals surface area contributed by atoms with E-state index in [1.807, 2.05) is 20.8 Å². The molecule has 1 saturated heterocycles. The number of benzene rings is 1. The number of carbonyl (C=O) groups excluding carboxylic acids is 1. The third-order valence-electron chi connectivity index (χ3n) is 7.54. The minimum atomic E-state index is -1.88. The van der Waals surface area contributed by atoms with Crippen LogP contribution in [0.1, 0.15) is 37.9 Å². The fraction of sp³-hybridized carbons (Fsp3) is 0.300. The Morgan fingerprint density at radius 1 is 1.12 bits per heavy atom. The highest BCUT2D eigenvalue weighted by atomic mass is 19.2. The van der Waals surface area contributed by atoms with Crippen LogP contribution in [0.25, 0.3) is 28.0 Å². The molecular formula is C30H29F4N7O2. The fourth-order valence-corrected chi connectivity index (χ4v) is 5.41. The Morgan fingerprint density at radius 3 is 2.49 bits per heavy atom. The van der Waals surface area contributed by atoms with E-state index in [0.29, 0.717) is 16.9 Å². The summed E-state index contributed by atoms with van der Waals surface area (Å²) in [5, 5.41) is 0.102. The maximum Gasteiger partial charge on any atom is 0.355 e. The smallest absolute Gasteiger partial charge is 0.355 e. The molecule has 2 N–H and O–H groups in total. The van der Waals surface area contributed by atoms with Crippen LogP contribution in [0.5, 0.6) is 0 Å². The van der Waals surface area contributed by atoms with E-state index in [9.17, 15) is 22.8 Å². The van der Waals surface area contributed by atoms with Gasteiger partial charge in [-0.05, 0) is 49.6 Å². The van der Waals surface area contributed by atoms with Gasteiger partial charge < -0.3 is 15.5 Å². The van der Waals surface area contributed by atoms with E-state index in [4.69, 9.17) is 5.73 Å². The van der Waals surface area contributed by atoms with Gasteiger partial charge in [-0.2, -0.15) is 4.98 Å². The highest BCUT2D eigenvalue weighted by Gasteiger charge is 2.31. The third-order valence-corrected chi connectivity index (χ3v) is 7.54. The lowest BCUT2D eigenvalue weighted by Crippen LogP contribution is -2.54. The van der Waals surface area contributed by atoms with E-state index in [0.717, 1.165) is 12.1 Å². The molecule has 9 nitrogen and oxygen atoms in total. The summed E-state index contributed by atoms with van der Waals surface area (Å²) < 4.78 is 60.3. The van der Waals surface area contributed by atoms with Crippen LogP contribution in [0.2, 0.25) is 0 Å². The highest BCUT2D eigenvalue weighted by molar-refractivity contribution is 5.91. The molecule has 43 heavy (non-hydrogen) atoms. The van der Waals surface area contributed by atoms with Gasteiger partial charge in [0, 0.05) is 37.4 Å². The minimum Gasteiger partial charge on any atom is -0.396 e. The number of aromatic nitrogens is 4. The van der Waals surface area contributed by atoms with Gasteiger partial charge in [-0.25, -0.2) is 31.9 Å². The van der Waals surface area contributed by atoms with Gasteiger partial charge >= 0.3 is 5.69 Å². The first kappa shape index (κ1) is 29.7. The maximum absolute atomic E-state index is 15.8. The second kappa shape index (κ2) is 11.1. The molecule has 13 heteroatoms. The van der Waals surface area contributed by atoms with Crippen molar-refractivity contribution in [2.45, 2.75) is 39.7 Å². The van der Waals surface area contributed by atoms with Gasteiger partial charge in [0.1, 0.15) is 17.3 Å². The number of nitrogens with zero attached hydrogens (tertiary/aromatic N) is 6. The molecule has 1 amide bonds. The molecule has 0 aliphatic carbocycles. The number of halogens is 4. The summed E-state index contributed by atoms with van der Waals surface area (Å²) in [6.07, 6.45) is 2.81. The predicted octanol–water partition coefficient (Wildman–Crippen LogP) is 4.64. The molecule has 1 aromatic carbocycles. The lowest BCUT2D eigenvalue weighted by Gasteiger charge is -2.40. The number of nitrogen functional groups attached to an aromatic ring is 1. The molecule has 4 heterocycles. The van der Waals surface area contributed by atoms with Crippen molar-refractivity contribution in [1.29, 1.82) is 0 Å². The summed E-state index contributed by atoms with van der Waals surface area (Å²) in [5.74, 6) is -6.56. The molecule has 1 fully saturated rings. The Labute approximate surface area is 244 Å². The van der Waals surface area contributed by atoms with E-state index in [1.54, 1.807) is 29.0 Å². The normalized spacial score (nSPS) is 15.4. The predicted molar refractivity (Wildman–Crippen MR) is 155 cm³/mol. The van der Waals surface area contributed by atoms with Gasteiger partial charge in [0.25, 0.3) is 0 Å². The van der Waals surface area contributed by atoms with Gasteiger partial charge in [0.15, 0.2) is 23.1 Å². The first-order chi connectivity index (χ1) is 20.3. The van der Waals surface area contributed by atoms with Gasteiger partial charge in [-0.15, -0.1) is 0 Å². The summed E-state index contributed by atoms with van der Waals surface area (Å²) in [7, 11) is 0. The third kappa shape index (κ3) is 4.98. The average molecular weight is 596 g/mol. The maximum atomic E-state index is 15.8. The van der Waals surface area contributed by atoms with Crippen LogP contribution < -0.4 is 16.3 Å². The number of pyridine rings is 2. The van der Waals surface area contributed by atoms with E-state index in [1.165, 1.54) is 10.6 Å². The standard InChI is InChI=1S/C30H29F4N7O2/c1-6-21(42)40-10-9-39(13-16(40)5)28-18-11-19(31)26(17-12-20(35)23(33)24(34)22(17)32)37-29(18)41(30(43)38-28)27-15(4)7-8-36-25(27)14(2)3/h6-8,11-12,14,16H,1,9-10,13,35H2,2-5H3/t16-/m1/s1. The Bertz CT molecular complexity index is 1860. The Hall–Kier alpha value is -4.81. The van der Waals surface area contributed by atoms with Crippen LogP contribution in [0.4, 0.5) is 29.1 Å². The summed E-state index contributed by atoms with van der Waals surface area (Å²) >= 11 is 0. The van der Waals surface area contributed by atoms with E-state index >= 15 is 4.39 Å². The molecule has 3 aromatic heterocycles. The van der Waals surface area contributed by atoms with Crippen molar-refractivity contribution in [3.63, 3.8) is 0 Å². The molecule has 1 atom stereocenters. The molecule has 0 radical (unpaired) electrons. The van der Waals surface area contributed by atoms with Gasteiger partial charge in [-0.1, -0.05) is 20.4 Å². The lowest BCUT2D eigenvalue weighted by molar-refractivity contribution is -0.128. The molecule has 0 saturated carbocycles. The number of anilines is 2. The van der Waals surface area contributed by atoms with Gasteiger partial charge in [0.2, 0.25) is 5.91 Å². The topological polar surface area (TPSA) is 110 Å². The van der Waals surface area contributed by atoms with Gasteiger partial charge in [0.05, 0.1) is 22.5 Å². The van der Waals surface area contributed by atoms with Crippen molar-refractivity contribution in [3.8, 4) is 16.9 Å². The van der Waals surface area contributed by atoms with Crippen LogP contribution in [-0.2, 0) is 4.79 Å². The van der Waals surface area contributed by atoms with Gasteiger partial charge in [-0.3, -0.25) is 9.78 Å². The molecule has 1 aliphatic rings. The lowest BCUT2D eigenvalue weighted by atomic mass is 10.0. The number of rotatable bonds is 5. The average Bonchev–Trinajstić information content (AvgIpc) is 2.97. The van der Waals surface area contributed by atoms with E-state index < -0.39 is 45.9 Å². The van der Waals surface area contributed by atoms with Crippen LogP contribution in [0.3, 0.4) is 0 Å². The molecule has 4 aromatic rings. The van der Waals surface area contributed by atoms with Crippen LogP contribution in [0, 0.1) is 30.2 Å². The van der Waals surface area contributed by atoms with Crippen molar-refractivity contribution in [3.05, 3.63) is 82.1 Å². The number of hydrogen-bond donors (Lipinski definition) is 1. The zero-order chi connectivity index (χ0) is 31.3. The molecule has 0 bridgehead atoms. The molecular weight excluding hydrogens is 566 g/mol. The fourth-order valence-electron chi connectivity index (χ4n) is 5.41. The Balaban J connectivity index is 1.83. The second-order valence-electron chi connectivity index (χ2n) is 10.7. The Morgan fingerprint density at radius 2 is 1.84 bits per heavy atom. The first-order valence-corrected chi connectivity index (χ1v) is 13.6. The summed E-state index contributed by atoms with van der Waals surface area (Å²) in [6.45, 7) is 11.7. The summed E-state index contributed by atoms with van der Waals surface area (Å²) in [6, 6.07) is 3.16. The number of nitrogens with two attached hydrogens (primary N) is 1. The minimum absolute atomic E-state index is 0.102. The highest BCUT2D eigenvalue weighted by Crippen LogP contribution is 2.35. The second-order valence-corrected chi connectivity index (χ2v) is 10.7. The summed E-state index contributed by atoms with van der Waals surface area (Å²) in [4.78, 5) is 42.7. The zero-order valence-electron chi connectivity index (χ0n) is 24.0. The SMILES string of the molecule is C=CC(=O)N1CCN(c2nc(=O)n(-c3c(C)ccnc3C(C)C)c3nc(-c4cc(N)c(F)c(F)c4F)c(F)cc23)C[C@H]1C. The number of hydrogen-bond acceptors (Lipinski definition) is 7. The molecule has 0 unspecified atom stereocenters. The number of aryl methyl sites for hydroxylation is 1. The Kier molecular flexibility index (Phi) is 7.67. The first-order valence-electron chi connectivity index (χ1n) is 13.6. The van der Waals surface area contributed by atoms with Crippen molar-refractivity contribution in [2.75, 3.05) is 30.3 Å². The van der Waals surface area contributed by atoms with Crippen molar-refractivity contribution in [2.24, 2.45) is 0 Å². The molecule has 0 spiro atoms. The van der Waals surface area contributed by atoms with Crippen molar-refractivity contribution < 1.29 is 22.4 Å². The number of fused-ring (bicyclic) bond motifs is 1. The van der Waals surface area contributed by atoms with Crippen molar-refractivity contribution in [1.82, 2.24) is 24.4 Å². The van der Waals surface area contributed by atoms with E-state index in [2.05, 4.69) is 21.5 Å². The largest absolute Gasteiger partial charge is 0.396 e. The quantitative estimate of drug-likeness (QED) is 0.155. The van der Waals surface area contributed by atoms with Crippen LogP contribution >= 0.6 is 0 Å². The van der Waals surface area contributed by atoms with Crippen LogP contribution in [-0.4, -0.2) is 56.0 Å². The number of piperazine rings is 1. The molecule has 1 aliphatic heterocycles.